The number of carbonyl (C=O) groups is 2. The van der Waals surface area contributed by atoms with Crippen molar-refractivity contribution in [2.75, 3.05) is 38.2 Å². The fourth-order valence-corrected chi connectivity index (χ4v) is 5.35. The van der Waals surface area contributed by atoms with E-state index in [9.17, 15) is 18.0 Å². The second kappa shape index (κ2) is 10.8. The number of carbonyl (C=O) groups excluding carboxylic acids is 2. The van der Waals surface area contributed by atoms with Gasteiger partial charge in [-0.3, -0.25) is 9.59 Å². The molecule has 35 heavy (non-hydrogen) atoms. The van der Waals surface area contributed by atoms with Gasteiger partial charge < -0.3 is 14.8 Å². The van der Waals surface area contributed by atoms with Crippen LogP contribution in [-0.4, -0.2) is 57.3 Å². The molecule has 0 aromatic heterocycles. The van der Waals surface area contributed by atoms with Crippen molar-refractivity contribution in [1.82, 2.24) is 4.31 Å². The summed E-state index contributed by atoms with van der Waals surface area (Å²) in [6.45, 7) is 2.74. The van der Waals surface area contributed by atoms with E-state index in [1.54, 1.807) is 67.6 Å². The Morgan fingerprint density at radius 3 is 2.29 bits per heavy atom. The Balaban J connectivity index is 1.37. The van der Waals surface area contributed by atoms with Gasteiger partial charge in [-0.05, 0) is 48.9 Å². The zero-order valence-electron chi connectivity index (χ0n) is 19.3. The fourth-order valence-electron chi connectivity index (χ4n) is 3.69. The normalized spacial score (nSPS) is 14.3. The van der Waals surface area contributed by atoms with Gasteiger partial charge in [-0.25, -0.2) is 8.42 Å². The fraction of sp³-hybridized carbons (Fsp3) is 0.231. The lowest BCUT2D eigenvalue weighted by atomic mass is 10.0. The topological polar surface area (TPSA) is 102 Å². The lowest BCUT2D eigenvalue weighted by molar-refractivity contribution is -0.118. The van der Waals surface area contributed by atoms with Crippen LogP contribution in [0.2, 0.25) is 0 Å². The molecule has 1 N–H and O–H groups in total. The second-order valence-electron chi connectivity index (χ2n) is 8.05. The van der Waals surface area contributed by atoms with E-state index in [1.165, 1.54) is 10.4 Å². The van der Waals surface area contributed by atoms with E-state index >= 15 is 0 Å². The maximum absolute atomic E-state index is 13.0. The molecule has 0 aliphatic carbocycles. The molecule has 8 nitrogen and oxygen atoms in total. The molecular formula is C26H26N2O6S. The van der Waals surface area contributed by atoms with Crippen molar-refractivity contribution >= 4 is 27.4 Å². The first-order valence-corrected chi connectivity index (χ1v) is 12.6. The third kappa shape index (κ3) is 5.94. The molecule has 0 spiro atoms. The van der Waals surface area contributed by atoms with Gasteiger partial charge in [-0.1, -0.05) is 36.4 Å². The highest BCUT2D eigenvalue weighted by Crippen LogP contribution is 2.24. The van der Waals surface area contributed by atoms with Crippen molar-refractivity contribution in [1.29, 1.82) is 0 Å². The summed E-state index contributed by atoms with van der Waals surface area (Å²) < 4.78 is 38.2. The molecule has 0 radical (unpaired) electrons. The van der Waals surface area contributed by atoms with Crippen molar-refractivity contribution in [3.63, 3.8) is 0 Å². The minimum Gasteiger partial charge on any atom is -0.484 e. The van der Waals surface area contributed by atoms with Crippen molar-refractivity contribution in [2.45, 2.75) is 11.8 Å². The zero-order chi connectivity index (χ0) is 24.8. The standard InChI is InChI=1S/C26H26N2O6S/c1-19-7-10-22(17-24(19)35(31,32)28-13-15-33-16-14-28)27-25(29)18-34-23-11-8-21(9-12-23)26(30)20-5-3-2-4-6-20/h2-12,17H,13-16,18H2,1H3,(H,27,29). The number of hydrogen-bond donors (Lipinski definition) is 1. The highest BCUT2D eigenvalue weighted by molar-refractivity contribution is 7.89. The predicted molar refractivity (Wildman–Crippen MR) is 131 cm³/mol. The highest BCUT2D eigenvalue weighted by Gasteiger charge is 2.28. The Labute approximate surface area is 204 Å². The van der Waals surface area contributed by atoms with E-state index in [4.69, 9.17) is 9.47 Å². The maximum Gasteiger partial charge on any atom is 0.262 e. The smallest absolute Gasteiger partial charge is 0.262 e. The second-order valence-corrected chi connectivity index (χ2v) is 9.96. The molecule has 182 valence electrons. The number of ether oxygens (including phenoxy) is 2. The number of nitrogens with zero attached hydrogens (tertiary/aromatic N) is 1. The van der Waals surface area contributed by atoms with E-state index in [0.29, 0.717) is 54.4 Å². The molecule has 0 unspecified atom stereocenters. The summed E-state index contributed by atoms with van der Waals surface area (Å²) in [5.41, 5.74) is 2.06. The van der Waals surface area contributed by atoms with Crippen LogP contribution < -0.4 is 10.1 Å². The van der Waals surface area contributed by atoms with Gasteiger partial charge in [0.2, 0.25) is 10.0 Å². The van der Waals surface area contributed by atoms with Crippen molar-refractivity contribution in [2.24, 2.45) is 0 Å². The lowest BCUT2D eigenvalue weighted by Gasteiger charge is -2.26. The molecule has 0 atom stereocenters. The van der Waals surface area contributed by atoms with Gasteiger partial charge in [0.15, 0.2) is 12.4 Å². The monoisotopic (exact) mass is 494 g/mol. The van der Waals surface area contributed by atoms with Crippen LogP contribution in [0.4, 0.5) is 5.69 Å². The van der Waals surface area contributed by atoms with E-state index in [2.05, 4.69) is 5.32 Å². The number of sulfonamides is 1. The van der Waals surface area contributed by atoms with E-state index < -0.39 is 15.9 Å². The van der Waals surface area contributed by atoms with Crippen LogP contribution in [0.25, 0.3) is 0 Å². The number of nitrogens with one attached hydrogen (secondary N) is 1. The molecular weight excluding hydrogens is 468 g/mol. The number of rotatable bonds is 8. The molecule has 1 aliphatic heterocycles. The largest absolute Gasteiger partial charge is 0.484 e. The molecule has 3 aromatic rings. The van der Waals surface area contributed by atoms with E-state index in [1.807, 2.05) is 6.07 Å². The molecule has 0 saturated carbocycles. The molecule has 1 heterocycles. The lowest BCUT2D eigenvalue weighted by Crippen LogP contribution is -2.40. The number of anilines is 1. The average Bonchev–Trinajstić information content (AvgIpc) is 2.89. The summed E-state index contributed by atoms with van der Waals surface area (Å²) in [5.74, 6) is -0.102. The third-order valence-corrected chi connectivity index (χ3v) is 7.62. The Morgan fingerprint density at radius 2 is 1.60 bits per heavy atom. The van der Waals surface area contributed by atoms with Gasteiger partial charge in [0.1, 0.15) is 5.75 Å². The van der Waals surface area contributed by atoms with Gasteiger partial charge >= 0.3 is 0 Å². The Morgan fingerprint density at radius 1 is 0.943 bits per heavy atom. The van der Waals surface area contributed by atoms with Crippen molar-refractivity contribution in [3.8, 4) is 5.75 Å². The number of amides is 1. The van der Waals surface area contributed by atoms with Crippen molar-refractivity contribution in [3.05, 3.63) is 89.5 Å². The molecule has 1 aliphatic rings. The van der Waals surface area contributed by atoms with Gasteiger partial charge in [0.05, 0.1) is 18.1 Å². The zero-order valence-corrected chi connectivity index (χ0v) is 20.1. The summed E-state index contributed by atoms with van der Waals surface area (Å²) in [6.07, 6.45) is 0. The van der Waals surface area contributed by atoms with Crippen LogP contribution in [0.5, 0.6) is 5.75 Å². The number of hydrogen-bond acceptors (Lipinski definition) is 6. The summed E-state index contributed by atoms with van der Waals surface area (Å²) in [6, 6.07) is 20.3. The van der Waals surface area contributed by atoms with Gasteiger partial charge in [0.25, 0.3) is 5.91 Å². The number of benzene rings is 3. The summed E-state index contributed by atoms with van der Waals surface area (Å²) >= 11 is 0. The third-order valence-electron chi connectivity index (χ3n) is 5.58. The van der Waals surface area contributed by atoms with E-state index in [0.717, 1.165) is 0 Å². The van der Waals surface area contributed by atoms with Crippen LogP contribution in [-0.2, 0) is 19.6 Å². The number of morpholine rings is 1. The van der Waals surface area contributed by atoms with Crippen LogP contribution >= 0.6 is 0 Å². The van der Waals surface area contributed by atoms with Crippen molar-refractivity contribution < 1.29 is 27.5 Å². The average molecular weight is 495 g/mol. The Bertz CT molecular complexity index is 1300. The number of aryl methyl sites for hydroxylation is 1. The van der Waals surface area contributed by atoms with Crippen LogP contribution in [0, 0.1) is 6.92 Å². The molecule has 4 rings (SSSR count). The maximum atomic E-state index is 13.0. The minimum atomic E-state index is -3.69. The highest BCUT2D eigenvalue weighted by atomic mass is 32.2. The van der Waals surface area contributed by atoms with Gasteiger partial charge in [0, 0.05) is 29.9 Å². The van der Waals surface area contributed by atoms with E-state index in [-0.39, 0.29) is 17.3 Å². The summed E-state index contributed by atoms with van der Waals surface area (Å²) in [4.78, 5) is 25.1. The quantitative estimate of drug-likeness (QED) is 0.483. The predicted octanol–water partition coefficient (Wildman–Crippen LogP) is 3.26. The van der Waals surface area contributed by atoms with Gasteiger partial charge in [-0.2, -0.15) is 4.31 Å². The van der Waals surface area contributed by atoms with Gasteiger partial charge in [-0.15, -0.1) is 0 Å². The number of ketones is 1. The molecule has 1 amide bonds. The molecule has 9 heteroatoms. The summed E-state index contributed by atoms with van der Waals surface area (Å²) in [7, 11) is -3.69. The van der Waals surface area contributed by atoms with Crippen LogP contribution in [0.3, 0.4) is 0 Å². The minimum absolute atomic E-state index is 0.0999. The first-order chi connectivity index (χ1) is 16.8. The molecule has 0 bridgehead atoms. The Kier molecular flexibility index (Phi) is 7.60. The van der Waals surface area contributed by atoms with Crippen LogP contribution in [0.1, 0.15) is 21.5 Å². The van der Waals surface area contributed by atoms with Crippen LogP contribution in [0.15, 0.2) is 77.7 Å². The SMILES string of the molecule is Cc1ccc(NC(=O)COc2ccc(C(=O)c3ccccc3)cc2)cc1S(=O)(=O)N1CCOCC1. The Hall–Kier alpha value is -3.53. The first-order valence-electron chi connectivity index (χ1n) is 11.2. The molecule has 3 aromatic carbocycles. The first kappa shape index (κ1) is 24.6. The summed E-state index contributed by atoms with van der Waals surface area (Å²) in [5, 5.41) is 2.68. The molecule has 1 saturated heterocycles. The molecule has 1 fully saturated rings.